The molecule has 0 aromatic carbocycles. The second-order valence-electron chi connectivity index (χ2n) is 4.43. The smallest absolute Gasteiger partial charge is 0.0545 e. The third kappa shape index (κ3) is 3.85. The Labute approximate surface area is 85.7 Å². The number of pyridine rings is 1. The molecule has 14 heavy (non-hydrogen) atoms. The van der Waals surface area contributed by atoms with Crippen LogP contribution in [0.25, 0.3) is 0 Å². The van der Waals surface area contributed by atoms with Gasteiger partial charge in [-0.05, 0) is 32.9 Å². The topological polar surface area (TPSA) is 50.9 Å². The summed E-state index contributed by atoms with van der Waals surface area (Å²) < 4.78 is 0. The Morgan fingerprint density at radius 3 is 2.50 bits per heavy atom. The van der Waals surface area contributed by atoms with Gasteiger partial charge in [0.05, 0.1) is 11.4 Å². The molecular formula is C11H19N3. The molecule has 1 aromatic rings. The minimum atomic E-state index is 0.125. The lowest BCUT2D eigenvalue weighted by Gasteiger charge is -2.20. The zero-order valence-electron chi connectivity index (χ0n) is 9.17. The van der Waals surface area contributed by atoms with Crippen LogP contribution in [-0.2, 0) is 13.1 Å². The summed E-state index contributed by atoms with van der Waals surface area (Å²) in [5.41, 5.74) is 7.63. The van der Waals surface area contributed by atoms with E-state index in [0.717, 1.165) is 17.9 Å². The van der Waals surface area contributed by atoms with Crippen LogP contribution >= 0.6 is 0 Å². The Hall–Kier alpha value is -0.930. The highest BCUT2D eigenvalue weighted by Gasteiger charge is 2.08. The van der Waals surface area contributed by atoms with Crippen molar-refractivity contribution in [2.45, 2.75) is 39.4 Å². The van der Waals surface area contributed by atoms with E-state index in [1.807, 2.05) is 18.2 Å². The molecule has 0 amide bonds. The van der Waals surface area contributed by atoms with Gasteiger partial charge in [0.25, 0.3) is 0 Å². The molecule has 1 aromatic heterocycles. The molecular weight excluding hydrogens is 174 g/mol. The van der Waals surface area contributed by atoms with Crippen molar-refractivity contribution < 1.29 is 0 Å². The molecule has 78 valence electrons. The van der Waals surface area contributed by atoms with E-state index in [9.17, 15) is 0 Å². The Morgan fingerprint density at radius 2 is 1.93 bits per heavy atom. The van der Waals surface area contributed by atoms with Gasteiger partial charge in [0, 0.05) is 18.6 Å². The predicted octanol–water partition coefficient (Wildman–Crippen LogP) is 1.43. The molecule has 0 aliphatic heterocycles. The van der Waals surface area contributed by atoms with Crippen molar-refractivity contribution in [2.24, 2.45) is 5.73 Å². The fourth-order valence-electron chi connectivity index (χ4n) is 1.10. The van der Waals surface area contributed by atoms with Crippen LogP contribution in [0, 0.1) is 0 Å². The summed E-state index contributed by atoms with van der Waals surface area (Å²) in [6.45, 7) is 7.71. The van der Waals surface area contributed by atoms with Crippen molar-refractivity contribution in [1.82, 2.24) is 10.3 Å². The molecule has 0 aliphatic rings. The zero-order chi connectivity index (χ0) is 10.6. The van der Waals surface area contributed by atoms with E-state index in [2.05, 4.69) is 31.1 Å². The van der Waals surface area contributed by atoms with Gasteiger partial charge in [-0.15, -0.1) is 0 Å². The maximum absolute atomic E-state index is 5.52. The zero-order valence-corrected chi connectivity index (χ0v) is 9.17. The molecule has 0 radical (unpaired) electrons. The van der Waals surface area contributed by atoms with Gasteiger partial charge in [0.1, 0.15) is 0 Å². The highest BCUT2D eigenvalue weighted by Crippen LogP contribution is 2.03. The van der Waals surface area contributed by atoms with E-state index in [4.69, 9.17) is 5.73 Å². The molecule has 1 heterocycles. The predicted molar refractivity (Wildman–Crippen MR) is 58.7 cm³/mol. The second-order valence-corrected chi connectivity index (χ2v) is 4.43. The van der Waals surface area contributed by atoms with Crippen molar-refractivity contribution in [3.05, 3.63) is 29.6 Å². The first-order valence-corrected chi connectivity index (χ1v) is 4.91. The molecule has 0 atom stereocenters. The molecule has 0 unspecified atom stereocenters. The van der Waals surface area contributed by atoms with E-state index >= 15 is 0 Å². The Kier molecular flexibility index (Phi) is 3.61. The van der Waals surface area contributed by atoms with Gasteiger partial charge in [-0.1, -0.05) is 6.07 Å². The Bertz CT molecular complexity index is 289. The third-order valence-electron chi connectivity index (χ3n) is 1.87. The van der Waals surface area contributed by atoms with Crippen molar-refractivity contribution in [2.75, 3.05) is 0 Å². The fourth-order valence-corrected chi connectivity index (χ4v) is 1.10. The Balaban J connectivity index is 2.59. The van der Waals surface area contributed by atoms with Crippen LogP contribution in [0.3, 0.4) is 0 Å². The van der Waals surface area contributed by atoms with Crippen LogP contribution in [-0.4, -0.2) is 10.5 Å². The Morgan fingerprint density at radius 1 is 1.29 bits per heavy atom. The molecule has 3 heteroatoms. The van der Waals surface area contributed by atoms with Gasteiger partial charge in [0.15, 0.2) is 0 Å². The van der Waals surface area contributed by atoms with Gasteiger partial charge >= 0.3 is 0 Å². The van der Waals surface area contributed by atoms with E-state index in [1.54, 1.807) is 0 Å². The standard InChI is InChI=1S/C11H19N3/c1-11(2,3)13-8-10-6-4-5-9(7-12)14-10/h4-6,13H,7-8,12H2,1-3H3. The van der Waals surface area contributed by atoms with Gasteiger partial charge in [-0.25, -0.2) is 0 Å². The van der Waals surface area contributed by atoms with Crippen LogP contribution in [0.15, 0.2) is 18.2 Å². The lowest BCUT2D eigenvalue weighted by Crippen LogP contribution is -2.35. The van der Waals surface area contributed by atoms with Gasteiger partial charge in [-0.2, -0.15) is 0 Å². The quantitative estimate of drug-likeness (QED) is 0.763. The summed E-state index contributed by atoms with van der Waals surface area (Å²) in [6, 6.07) is 5.95. The molecule has 0 aliphatic carbocycles. The number of hydrogen-bond donors (Lipinski definition) is 2. The number of rotatable bonds is 3. The van der Waals surface area contributed by atoms with Crippen LogP contribution in [0.4, 0.5) is 0 Å². The molecule has 0 saturated heterocycles. The molecule has 3 N–H and O–H groups in total. The average Bonchev–Trinajstić information content (AvgIpc) is 2.14. The van der Waals surface area contributed by atoms with Gasteiger partial charge < -0.3 is 11.1 Å². The first-order valence-electron chi connectivity index (χ1n) is 4.91. The minimum absolute atomic E-state index is 0.125. The molecule has 1 rings (SSSR count). The van der Waals surface area contributed by atoms with Crippen LogP contribution in [0.2, 0.25) is 0 Å². The second kappa shape index (κ2) is 4.53. The molecule has 0 bridgehead atoms. The summed E-state index contributed by atoms with van der Waals surface area (Å²) in [5, 5.41) is 3.39. The average molecular weight is 193 g/mol. The largest absolute Gasteiger partial charge is 0.325 e. The van der Waals surface area contributed by atoms with Gasteiger partial charge in [-0.3, -0.25) is 4.98 Å². The number of nitrogens with two attached hydrogens (primary N) is 1. The number of aromatic nitrogens is 1. The third-order valence-corrected chi connectivity index (χ3v) is 1.87. The highest BCUT2D eigenvalue weighted by molar-refractivity contribution is 5.11. The van der Waals surface area contributed by atoms with Crippen LogP contribution in [0.1, 0.15) is 32.2 Å². The SMILES string of the molecule is CC(C)(C)NCc1cccc(CN)n1. The fraction of sp³-hybridized carbons (Fsp3) is 0.545. The summed E-state index contributed by atoms with van der Waals surface area (Å²) >= 11 is 0. The maximum Gasteiger partial charge on any atom is 0.0545 e. The van der Waals surface area contributed by atoms with Crippen molar-refractivity contribution in [3.8, 4) is 0 Å². The van der Waals surface area contributed by atoms with Crippen molar-refractivity contribution in [3.63, 3.8) is 0 Å². The first-order chi connectivity index (χ1) is 6.51. The maximum atomic E-state index is 5.52. The summed E-state index contributed by atoms with van der Waals surface area (Å²) in [6.07, 6.45) is 0. The monoisotopic (exact) mass is 193 g/mol. The van der Waals surface area contributed by atoms with E-state index < -0.39 is 0 Å². The molecule has 0 saturated carbocycles. The first kappa shape index (κ1) is 11.1. The summed E-state index contributed by atoms with van der Waals surface area (Å²) in [7, 11) is 0. The van der Waals surface area contributed by atoms with Crippen LogP contribution < -0.4 is 11.1 Å². The van der Waals surface area contributed by atoms with Crippen molar-refractivity contribution in [1.29, 1.82) is 0 Å². The highest BCUT2D eigenvalue weighted by atomic mass is 15.0. The van der Waals surface area contributed by atoms with E-state index in [0.29, 0.717) is 6.54 Å². The molecule has 0 fully saturated rings. The molecule has 3 nitrogen and oxygen atoms in total. The molecule has 0 spiro atoms. The number of nitrogens with one attached hydrogen (secondary N) is 1. The normalized spacial score (nSPS) is 11.7. The summed E-state index contributed by atoms with van der Waals surface area (Å²) in [4.78, 5) is 4.41. The number of hydrogen-bond acceptors (Lipinski definition) is 3. The number of nitrogens with zero attached hydrogens (tertiary/aromatic N) is 1. The van der Waals surface area contributed by atoms with Gasteiger partial charge in [0.2, 0.25) is 0 Å². The van der Waals surface area contributed by atoms with E-state index in [-0.39, 0.29) is 5.54 Å². The lowest BCUT2D eigenvalue weighted by atomic mass is 10.1. The van der Waals surface area contributed by atoms with E-state index in [1.165, 1.54) is 0 Å². The summed E-state index contributed by atoms with van der Waals surface area (Å²) in [5.74, 6) is 0. The lowest BCUT2D eigenvalue weighted by molar-refractivity contribution is 0.421. The van der Waals surface area contributed by atoms with Crippen LogP contribution in [0.5, 0.6) is 0 Å². The van der Waals surface area contributed by atoms with Crippen molar-refractivity contribution >= 4 is 0 Å². The minimum Gasteiger partial charge on any atom is -0.325 e.